The number of hydrogen-bond donors (Lipinski definition) is 1. The zero-order valence-electron chi connectivity index (χ0n) is 20.7. The number of para-hydroxylation sites is 1. The van der Waals surface area contributed by atoms with Gasteiger partial charge in [0.25, 0.3) is 5.91 Å². The molecule has 0 spiro atoms. The largest absolute Gasteiger partial charge is 0.497 e. The Hall–Kier alpha value is -3.95. The van der Waals surface area contributed by atoms with Gasteiger partial charge in [0.05, 0.1) is 13.7 Å². The third-order valence-electron chi connectivity index (χ3n) is 6.89. The van der Waals surface area contributed by atoms with Crippen LogP contribution in [0.25, 0.3) is 0 Å². The Balaban J connectivity index is 1.26. The van der Waals surface area contributed by atoms with E-state index in [0.29, 0.717) is 19.6 Å². The number of imide groups is 1. The van der Waals surface area contributed by atoms with Crippen LogP contribution in [0, 0.1) is 0 Å². The molecule has 0 aromatic heterocycles. The molecule has 2 atom stereocenters. The topological polar surface area (TPSA) is 90.0 Å². The van der Waals surface area contributed by atoms with E-state index in [1.807, 2.05) is 47.4 Å². The summed E-state index contributed by atoms with van der Waals surface area (Å²) >= 11 is 0. The van der Waals surface area contributed by atoms with Crippen LogP contribution >= 0.6 is 0 Å². The van der Waals surface area contributed by atoms with Crippen LogP contribution in [0.5, 0.6) is 11.5 Å². The molecule has 3 amide bonds. The number of aliphatic imine (C=N–C) groups is 1. The van der Waals surface area contributed by atoms with Crippen molar-refractivity contribution >= 4 is 23.6 Å². The molecule has 2 aromatic rings. The average molecular weight is 493 g/mol. The fraction of sp³-hybridized carbons (Fsp3) is 0.423. The molecule has 3 aliphatic heterocycles. The molecular weight excluding hydrogens is 460 g/mol. The Kier molecular flexibility index (Phi) is 6.84. The van der Waals surface area contributed by atoms with Crippen LogP contribution in [0.15, 0.2) is 59.6 Å². The van der Waals surface area contributed by atoms with Gasteiger partial charge in [-0.2, -0.15) is 0 Å². The zero-order chi connectivity index (χ0) is 25.1. The van der Waals surface area contributed by atoms with Gasteiger partial charge in [-0.05, 0) is 42.8 Å². The van der Waals surface area contributed by atoms with Crippen molar-refractivity contribution in [3.05, 3.63) is 54.6 Å². The SMILES string of the molecule is COc1ccc(N2CCN(C3=NC4C(C(=O)NC(=O)N4C)N3CCCOc3ccccc3)CC2)cc1. The number of methoxy groups -OCH3 is 1. The van der Waals surface area contributed by atoms with Gasteiger partial charge < -0.3 is 29.1 Å². The lowest BCUT2D eigenvalue weighted by Crippen LogP contribution is -2.64. The van der Waals surface area contributed by atoms with Crippen molar-refractivity contribution in [2.24, 2.45) is 4.99 Å². The summed E-state index contributed by atoms with van der Waals surface area (Å²) in [5.41, 5.74) is 1.15. The number of urea groups is 1. The molecule has 2 saturated heterocycles. The van der Waals surface area contributed by atoms with Crippen LogP contribution in [0.3, 0.4) is 0 Å². The second-order valence-electron chi connectivity index (χ2n) is 9.07. The summed E-state index contributed by atoms with van der Waals surface area (Å²) in [5, 5.41) is 2.47. The van der Waals surface area contributed by atoms with E-state index >= 15 is 0 Å². The van der Waals surface area contributed by atoms with Crippen LogP contribution in [0.1, 0.15) is 6.42 Å². The van der Waals surface area contributed by atoms with Crippen molar-refractivity contribution in [1.29, 1.82) is 0 Å². The Labute approximate surface area is 211 Å². The van der Waals surface area contributed by atoms with E-state index in [1.54, 1.807) is 14.2 Å². The Morgan fingerprint density at radius 3 is 2.33 bits per heavy atom. The van der Waals surface area contributed by atoms with Crippen molar-refractivity contribution in [3.63, 3.8) is 0 Å². The predicted octanol–water partition coefficient (Wildman–Crippen LogP) is 1.83. The molecule has 0 radical (unpaired) electrons. The lowest BCUT2D eigenvalue weighted by molar-refractivity contribution is -0.127. The molecule has 0 bridgehead atoms. The van der Waals surface area contributed by atoms with Crippen molar-refractivity contribution in [3.8, 4) is 11.5 Å². The van der Waals surface area contributed by atoms with E-state index in [1.165, 1.54) is 4.90 Å². The molecule has 5 rings (SSSR count). The van der Waals surface area contributed by atoms with E-state index < -0.39 is 18.2 Å². The second kappa shape index (κ2) is 10.3. The van der Waals surface area contributed by atoms with Crippen LogP contribution in [0.4, 0.5) is 10.5 Å². The monoisotopic (exact) mass is 492 g/mol. The smallest absolute Gasteiger partial charge is 0.325 e. The normalized spacial score (nSPS) is 21.8. The molecule has 0 aliphatic carbocycles. The molecule has 190 valence electrons. The minimum atomic E-state index is -0.543. The summed E-state index contributed by atoms with van der Waals surface area (Å²) in [5.74, 6) is 2.13. The van der Waals surface area contributed by atoms with Crippen LogP contribution < -0.4 is 19.7 Å². The molecule has 10 nitrogen and oxygen atoms in total. The third kappa shape index (κ3) is 4.75. The van der Waals surface area contributed by atoms with E-state index in [-0.39, 0.29) is 5.91 Å². The first kappa shape index (κ1) is 23.8. The van der Waals surface area contributed by atoms with E-state index in [0.717, 1.165) is 49.3 Å². The van der Waals surface area contributed by atoms with Gasteiger partial charge in [-0.1, -0.05) is 18.2 Å². The first-order valence-corrected chi connectivity index (χ1v) is 12.3. The molecule has 2 unspecified atom stereocenters. The van der Waals surface area contributed by atoms with Crippen molar-refractivity contribution in [1.82, 2.24) is 20.0 Å². The van der Waals surface area contributed by atoms with Crippen LogP contribution in [0.2, 0.25) is 0 Å². The number of ether oxygens (including phenoxy) is 2. The van der Waals surface area contributed by atoms with Gasteiger partial charge in [0.2, 0.25) is 0 Å². The Morgan fingerprint density at radius 2 is 1.64 bits per heavy atom. The minimum Gasteiger partial charge on any atom is -0.497 e. The number of piperazine rings is 1. The van der Waals surface area contributed by atoms with Gasteiger partial charge in [0.15, 0.2) is 18.2 Å². The number of amides is 3. The summed E-state index contributed by atoms with van der Waals surface area (Å²) in [4.78, 5) is 38.1. The third-order valence-corrected chi connectivity index (χ3v) is 6.89. The first-order valence-electron chi connectivity index (χ1n) is 12.3. The van der Waals surface area contributed by atoms with Crippen LogP contribution in [-0.2, 0) is 4.79 Å². The van der Waals surface area contributed by atoms with E-state index in [2.05, 4.69) is 27.2 Å². The number of hydrogen-bond acceptors (Lipinski definition) is 8. The summed E-state index contributed by atoms with van der Waals surface area (Å²) in [6, 6.07) is 16.8. The number of nitrogens with one attached hydrogen (secondary N) is 1. The summed E-state index contributed by atoms with van der Waals surface area (Å²) in [6.07, 6.45) is 0.185. The fourth-order valence-electron chi connectivity index (χ4n) is 4.91. The van der Waals surface area contributed by atoms with Gasteiger partial charge >= 0.3 is 6.03 Å². The zero-order valence-corrected chi connectivity index (χ0v) is 20.7. The van der Waals surface area contributed by atoms with Crippen molar-refractivity contribution < 1.29 is 19.1 Å². The highest BCUT2D eigenvalue weighted by Crippen LogP contribution is 2.27. The van der Waals surface area contributed by atoms with E-state index in [4.69, 9.17) is 14.5 Å². The lowest BCUT2D eigenvalue weighted by Gasteiger charge is -2.41. The number of carbonyl (C=O) groups excluding carboxylic acids is 2. The molecule has 3 heterocycles. The highest BCUT2D eigenvalue weighted by molar-refractivity contribution is 6.03. The summed E-state index contributed by atoms with van der Waals surface area (Å²) < 4.78 is 11.1. The van der Waals surface area contributed by atoms with Gasteiger partial charge in [-0.15, -0.1) is 0 Å². The van der Waals surface area contributed by atoms with Gasteiger partial charge in [0.1, 0.15) is 11.5 Å². The lowest BCUT2D eigenvalue weighted by atomic mass is 10.1. The van der Waals surface area contributed by atoms with Gasteiger partial charge in [0, 0.05) is 45.5 Å². The number of rotatable bonds is 7. The number of likely N-dealkylation sites (N-methyl/N-ethyl adjacent to an activating group) is 1. The maximum Gasteiger partial charge on any atom is 0.325 e. The molecule has 10 heteroatoms. The van der Waals surface area contributed by atoms with Gasteiger partial charge in [-0.3, -0.25) is 10.1 Å². The standard InChI is InChI=1S/C26H32N6O4/c1-29-23-22(24(33)28-26(29)34)32(13-6-18-36-21-7-4-3-5-8-21)25(27-23)31-16-14-30(15-17-31)19-9-11-20(35-2)12-10-19/h3-5,7-12,22-23H,6,13-18H2,1-2H3,(H,28,33,34). The maximum atomic E-state index is 12.9. The number of carbonyl (C=O) groups is 2. The second-order valence-corrected chi connectivity index (χ2v) is 9.07. The molecule has 2 aromatic carbocycles. The number of anilines is 1. The van der Waals surface area contributed by atoms with Crippen molar-refractivity contribution in [2.75, 3.05) is 58.4 Å². The quantitative estimate of drug-likeness (QED) is 0.590. The highest BCUT2D eigenvalue weighted by Gasteiger charge is 2.49. The minimum absolute atomic E-state index is 0.303. The maximum absolute atomic E-state index is 12.9. The van der Waals surface area contributed by atoms with E-state index in [9.17, 15) is 9.59 Å². The molecule has 2 fully saturated rings. The first-order chi connectivity index (χ1) is 17.5. The fourth-order valence-corrected chi connectivity index (χ4v) is 4.91. The predicted molar refractivity (Wildman–Crippen MR) is 136 cm³/mol. The molecule has 0 saturated carbocycles. The summed E-state index contributed by atoms with van der Waals surface area (Å²) in [6.45, 7) is 4.30. The number of nitrogens with zero attached hydrogens (tertiary/aromatic N) is 5. The average Bonchev–Trinajstić information content (AvgIpc) is 3.31. The molecule has 36 heavy (non-hydrogen) atoms. The highest BCUT2D eigenvalue weighted by atomic mass is 16.5. The Morgan fingerprint density at radius 1 is 0.944 bits per heavy atom. The molecular formula is C26H32N6O4. The van der Waals surface area contributed by atoms with Crippen LogP contribution in [-0.4, -0.2) is 98.3 Å². The van der Waals surface area contributed by atoms with Gasteiger partial charge in [-0.25, -0.2) is 9.79 Å². The Bertz CT molecular complexity index is 1100. The number of guanidine groups is 1. The molecule has 3 aliphatic rings. The van der Waals surface area contributed by atoms with Crippen molar-refractivity contribution in [2.45, 2.75) is 18.6 Å². The summed E-state index contributed by atoms with van der Waals surface area (Å²) in [7, 11) is 3.35. The number of fused-ring (bicyclic) bond motifs is 1. The number of benzene rings is 2. The molecule has 1 N–H and O–H groups in total.